The lowest BCUT2D eigenvalue weighted by Crippen LogP contribution is -2.61. The van der Waals surface area contributed by atoms with E-state index < -0.39 is 10.8 Å². The molecule has 35 heavy (non-hydrogen) atoms. The lowest BCUT2D eigenvalue weighted by atomic mass is 9.36. The van der Waals surface area contributed by atoms with Crippen LogP contribution >= 0.6 is 0 Å². The van der Waals surface area contributed by atoms with Gasteiger partial charge in [-0.1, -0.05) is 59.3 Å². The van der Waals surface area contributed by atoms with Crippen LogP contribution in [0.1, 0.15) is 93.4 Å². The minimum atomic E-state index is -0.570. The number of methoxy groups -OCH3 is 1. The van der Waals surface area contributed by atoms with Crippen LogP contribution in [0.5, 0.6) is 0 Å². The number of hydrogen-bond donors (Lipinski definition) is 1. The van der Waals surface area contributed by atoms with Gasteiger partial charge in [-0.25, -0.2) is 0 Å². The monoisotopic (exact) mass is 480 g/mol. The second-order valence-corrected chi connectivity index (χ2v) is 14.3. The highest BCUT2D eigenvalue weighted by Gasteiger charge is 2.66. The lowest BCUT2D eigenvalue weighted by molar-refractivity contribution is -0.155. The van der Waals surface area contributed by atoms with Gasteiger partial charge in [-0.15, -0.1) is 0 Å². The van der Waals surface area contributed by atoms with Gasteiger partial charge in [0.2, 0.25) is 5.78 Å². The third kappa shape index (κ3) is 2.92. The summed E-state index contributed by atoms with van der Waals surface area (Å²) >= 11 is 0. The van der Waals surface area contributed by atoms with E-state index in [2.05, 4.69) is 46.8 Å². The van der Waals surface area contributed by atoms with Crippen LogP contribution in [-0.2, 0) is 14.3 Å². The third-order valence-electron chi connectivity index (χ3n) is 12.2. The Morgan fingerprint density at radius 3 is 2.31 bits per heavy atom. The molecule has 2 saturated carbocycles. The zero-order valence-electron chi connectivity index (χ0n) is 23.0. The van der Waals surface area contributed by atoms with Crippen molar-refractivity contribution >= 4 is 11.8 Å². The molecule has 0 heterocycles. The fourth-order valence-corrected chi connectivity index (χ4v) is 9.61. The topological polar surface area (TPSA) is 63.6 Å². The van der Waals surface area contributed by atoms with E-state index in [0.29, 0.717) is 0 Å². The highest BCUT2D eigenvalue weighted by atomic mass is 16.5. The summed E-state index contributed by atoms with van der Waals surface area (Å²) in [4.78, 5) is 25.7. The first-order chi connectivity index (χ1) is 16.1. The summed E-state index contributed by atoms with van der Waals surface area (Å²) in [6.45, 7) is 15.7. The number of esters is 1. The quantitative estimate of drug-likeness (QED) is 0.406. The number of aliphatic hydroxyl groups excluding tert-OH is 1. The van der Waals surface area contributed by atoms with Gasteiger partial charge in [-0.2, -0.15) is 0 Å². The van der Waals surface area contributed by atoms with E-state index in [-0.39, 0.29) is 51.0 Å². The Hall–Kier alpha value is -1.84. The van der Waals surface area contributed by atoms with Crippen molar-refractivity contribution in [3.05, 3.63) is 35.1 Å². The molecular formula is C31H44O4. The van der Waals surface area contributed by atoms with Crippen LogP contribution in [0.25, 0.3) is 0 Å². The van der Waals surface area contributed by atoms with Gasteiger partial charge < -0.3 is 9.84 Å². The van der Waals surface area contributed by atoms with Crippen molar-refractivity contribution in [3.8, 4) is 0 Å². The molecule has 0 saturated heterocycles. The fraction of sp³-hybridized carbons (Fsp3) is 0.742. The number of allylic oxidation sites excluding steroid dienone is 6. The standard InChI is InChI=1S/C31H44O4/c1-26(2)22-11-12-31(7)23(29(22,5)18-21(32)24(26)33)10-9-19-20-17-28(4,25(34)35-8)14-13-27(20,3)15-16-30(19,31)6/h9-10,18,22-23,32H,11-17H2,1-8H3/t22-,23+,27+,28-,29-,30+,31+/m0/s1. The van der Waals surface area contributed by atoms with Crippen LogP contribution in [0.15, 0.2) is 35.1 Å². The minimum absolute atomic E-state index is 0.00300. The smallest absolute Gasteiger partial charge is 0.311 e. The van der Waals surface area contributed by atoms with Gasteiger partial charge in [-0.3, -0.25) is 9.59 Å². The van der Waals surface area contributed by atoms with Crippen LogP contribution in [0, 0.1) is 44.3 Å². The molecule has 2 fully saturated rings. The zero-order valence-corrected chi connectivity index (χ0v) is 23.0. The number of carbonyl (C=O) groups is 2. The Morgan fingerprint density at radius 2 is 1.66 bits per heavy atom. The number of aliphatic hydroxyl groups is 1. The molecule has 0 aromatic rings. The van der Waals surface area contributed by atoms with Crippen molar-refractivity contribution in [2.45, 2.75) is 93.4 Å². The molecular weight excluding hydrogens is 436 g/mol. The second kappa shape index (κ2) is 7.13. The van der Waals surface area contributed by atoms with Crippen molar-refractivity contribution < 1.29 is 19.4 Å². The summed E-state index contributed by atoms with van der Waals surface area (Å²) in [5.74, 6) is 0.169. The van der Waals surface area contributed by atoms with Crippen molar-refractivity contribution in [3.63, 3.8) is 0 Å². The molecule has 1 N–H and O–H groups in total. The van der Waals surface area contributed by atoms with E-state index in [1.807, 2.05) is 19.9 Å². The van der Waals surface area contributed by atoms with E-state index in [1.165, 1.54) is 18.3 Å². The van der Waals surface area contributed by atoms with Crippen LogP contribution in [0.2, 0.25) is 0 Å². The summed E-state index contributed by atoms with van der Waals surface area (Å²) in [6.07, 6.45) is 13.7. The number of rotatable bonds is 1. The highest BCUT2D eigenvalue weighted by Crippen LogP contribution is 2.73. The van der Waals surface area contributed by atoms with E-state index in [0.717, 1.165) is 44.9 Å². The largest absolute Gasteiger partial charge is 0.505 e. The number of hydrogen-bond acceptors (Lipinski definition) is 4. The maximum absolute atomic E-state index is 12.9. The van der Waals surface area contributed by atoms with Gasteiger partial charge in [0.1, 0.15) is 0 Å². The average molecular weight is 481 g/mol. The SMILES string of the molecule is COC(=O)[C@@]1(C)CC[C@]2(C)CC[C@]3(C)C(=C2C1)C=C[C@@H]1[C@@]2(C)C=C(O)C(=O)C(C)(C)[C@@H]2CC[C@]13C. The van der Waals surface area contributed by atoms with Crippen molar-refractivity contribution in [2.75, 3.05) is 7.11 Å². The van der Waals surface area contributed by atoms with Crippen molar-refractivity contribution in [1.29, 1.82) is 0 Å². The Labute approximate surface area is 211 Å². The molecule has 0 aromatic carbocycles. The van der Waals surface area contributed by atoms with Crippen LogP contribution in [0.3, 0.4) is 0 Å². The molecule has 5 rings (SSSR count). The van der Waals surface area contributed by atoms with Gasteiger partial charge in [0.25, 0.3) is 0 Å². The summed E-state index contributed by atoms with van der Waals surface area (Å²) in [6, 6.07) is 0. The number of Topliss-reactive ketones (excluding diaryl/α,β-unsaturated/α-hetero) is 1. The van der Waals surface area contributed by atoms with Crippen LogP contribution in [0.4, 0.5) is 0 Å². The molecule has 0 spiro atoms. The summed E-state index contributed by atoms with van der Waals surface area (Å²) < 4.78 is 5.25. The molecule has 0 unspecified atom stereocenters. The Morgan fingerprint density at radius 1 is 1.00 bits per heavy atom. The first-order valence-electron chi connectivity index (χ1n) is 13.6. The first kappa shape index (κ1) is 24.8. The number of ether oxygens (including phenoxy) is 1. The third-order valence-corrected chi connectivity index (χ3v) is 12.2. The Balaban J connectivity index is 1.68. The van der Waals surface area contributed by atoms with Crippen LogP contribution < -0.4 is 0 Å². The van der Waals surface area contributed by atoms with E-state index in [1.54, 1.807) is 0 Å². The molecule has 192 valence electrons. The minimum Gasteiger partial charge on any atom is -0.505 e. The highest BCUT2D eigenvalue weighted by molar-refractivity contribution is 5.98. The second-order valence-electron chi connectivity index (χ2n) is 14.3. The number of ketones is 1. The molecule has 0 aliphatic heterocycles. The van der Waals surface area contributed by atoms with E-state index in [9.17, 15) is 14.7 Å². The number of fused-ring (bicyclic) bond motifs is 6. The van der Waals surface area contributed by atoms with Gasteiger partial charge >= 0.3 is 5.97 Å². The maximum Gasteiger partial charge on any atom is 0.311 e. The normalized spacial score (nSPS) is 48.2. The maximum atomic E-state index is 12.9. The molecule has 7 atom stereocenters. The van der Waals surface area contributed by atoms with Crippen molar-refractivity contribution in [2.24, 2.45) is 44.3 Å². The summed E-state index contributed by atoms with van der Waals surface area (Å²) in [7, 11) is 1.51. The van der Waals surface area contributed by atoms with Gasteiger partial charge in [0, 0.05) is 10.8 Å². The average Bonchev–Trinajstić information content (AvgIpc) is 2.78. The summed E-state index contributed by atoms with van der Waals surface area (Å²) in [5, 5.41) is 10.7. The summed E-state index contributed by atoms with van der Waals surface area (Å²) in [5.41, 5.74) is 1.71. The van der Waals surface area contributed by atoms with Crippen molar-refractivity contribution in [1.82, 2.24) is 0 Å². The predicted octanol–water partition coefficient (Wildman–Crippen LogP) is 7.11. The number of carbonyl (C=O) groups excluding carboxylic acids is 2. The first-order valence-corrected chi connectivity index (χ1v) is 13.6. The predicted molar refractivity (Wildman–Crippen MR) is 138 cm³/mol. The van der Waals surface area contributed by atoms with E-state index >= 15 is 0 Å². The molecule has 4 nitrogen and oxygen atoms in total. The fourth-order valence-electron chi connectivity index (χ4n) is 9.61. The molecule has 0 aromatic heterocycles. The molecule has 0 amide bonds. The van der Waals surface area contributed by atoms with Gasteiger partial charge in [-0.05, 0) is 91.6 Å². The van der Waals surface area contributed by atoms with E-state index in [4.69, 9.17) is 4.74 Å². The molecule has 5 aliphatic rings. The van der Waals surface area contributed by atoms with Gasteiger partial charge in [0.05, 0.1) is 12.5 Å². The zero-order chi connectivity index (χ0) is 25.8. The Bertz CT molecular complexity index is 1090. The molecule has 0 radical (unpaired) electrons. The lowest BCUT2D eigenvalue weighted by Gasteiger charge is -2.67. The molecule has 5 aliphatic carbocycles. The molecule has 0 bridgehead atoms. The Kier molecular flexibility index (Phi) is 5.06. The van der Waals surface area contributed by atoms with Gasteiger partial charge in [0.15, 0.2) is 5.76 Å². The van der Waals surface area contributed by atoms with Crippen LogP contribution in [-0.4, -0.2) is 24.0 Å². The molecule has 4 heteroatoms.